The first kappa shape index (κ1) is 15.3. The Morgan fingerprint density at radius 3 is 2.83 bits per heavy atom. The van der Waals surface area contributed by atoms with Gasteiger partial charge in [-0.1, -0.05) is 24.3 Å². The molecule has 7 heteroatoms. The van der Waals surface area contributed by atoms with Gasteiger partial charge in [0.1, 0.15) is 11.9 Å². The van der Waals surface area contributed by atoms with Crippen LogP contribution in [-0.2, 0) is 17.9 Å². The van der Waals surface area contributed by atoms with Crippen LogP contribution in [0.1, 0.15) is 35.2 Å². The van der Waals surface area contributed by atoms with E-state index in [0.29, 0.717) is 13.1 Å². The smallest absolute Gasteiger partial charge is 0.241 e. The molecule has 0 aliphatic carbocycles. The molecule has 126 valence electrons. The summed E-state index contributed by atoms with van der Waals surface area (Å²) in [5.74, 6) is 1.91. The second-order valence-corrected chi connectivity index (χ2v) is 6.56. The molecular weight excluding hydrogens is 304 g/mol. The van der Waals surface area contributed by atoms with Crippen LogP contribution in [0.2, 0.25) is 0 Å². The number of nitrogens with zero attached hydrogens (tertiary/aromatic N) is 4. The van der Waals surface area contributed by atoms with Gasteiger partial charge in [-0.2, -0.15) is 0 Å². The predicted octanol–water partition coefficient (Wildman–Crippen LogP) is 0.845. The highest BCUT2D eigenvalue weighted by atomic mass is 16.2. The van der Waals surface area contributed by atoms with E-state index in [0.717, 1.165) is 24.6 Å². The molecule has 2 unspecified atom stereocenters. The number of amides is 1. The van der Waals surface area contributed by atoms with Crippen molar-refractivity contribution in [2.45, 2.75) is 45.4 Å². The van der Waals surface area contributed by atoms with Crippen LogP contribution < -0.4 is 10.9 Å². The van der Waals surface area contributed by atoms with E-state index in [1.54, 1.807) is 0 Å². The minimum absolute atomic E-state index is 0.130. The van der Waals surface area contributed by atoms with Gasteiger partial charge < -0.3 is 9.47 Å². The second-order valence-electron chi connectivity index (χ2n) is 6.56. The van der Waals surface area contributed by atoms with Crippen LogP contribution in [0.25, 0.3) is 0 Å². The van der Waals surface area contributed by atoms with Crippen LogP contribution in [0.3, 0.4) is 0 Å². The summed E-state index contributed by atoms with van der Waals surface area (Å²) in [7, 11) is 0. The first-order chi connectivity index (χ1) is 11.6. The minimum atomic E-state index is -0.204. The number of aryl methyl sites for hydroxylation is 2. The van der Waals surface area contributed by atoms with Gasteiger partial charge in [0.15, 0.2) is 5.82 Å². The van der Waals surface area contributed by atoms with Gasteiger partial charge in [0.25, 0.3) is 0 Å². The van der Waals surface area contributed by atoms with Gasteiger partial charge in [0.2, 0.25) is 5.91 Å². The first-order valence-corrected chi connectivity index (χ1v) is 8.37. The molecule has 4 rings (SSSR count). The lowest BCUT2D eigenvalue weighted by Gasteiger charge is -2.29. The summed E-state index contributed by atoms with van der Waals surface area (Å²) in [4.78, 5) is 14.7. The molecule has 2 aliphatic heterocycles. The maximum Gasteiger partial charge on any atom is 0.241 e. The molecule has 1 aromatic carbocycles. The molecule has 2 aliphatic rings. The standard InChI is InChI=1S/C17H22N6O/c1-11-5-3-4-6-13(11)14-9-15(20-19-14)17(24)22-7-8-23-12(2)18-21-16(23)10-22/h3-6,14-15,19-20H,7-10H2,1-2H3. The van der Waals surface area contributed by atoms with Crippen molar-refractivity contribution < 1.29 is 4.79 Å². The Labute approximate surface area is 141 Å². The summed E-state index contributed by atoms with van der Waals surface area (Å²) in [5.41, 5.74) is 8.94. The van der Waals surface area contributed by atoms with Gasteiger partial charge in [-0.15, -0.1) is 10.2 Å². The molecule has 1 fully saturated rings. The van der Waals surface area contributed by atoms with E-state index in [4.69, 9.17) is 0 Å². The van der Waals surface area contributed by atoms with Crippen LogP contribution >= 0.6 is 0 Å². The van der Waals surface area contributed by atoms with Crippen molar-refractivity contribution in [1.29, 1.82) is 0 Å². The van der Waals surface area contributed by atoms with Crippen molar-refractivity contribution in [3.63, 3.8) is 0 Å². The van der Waals surface area contributed by atoms with E-state index in [1.807, 2.05) is 24.0 Å². The lowest BCUT2D eigenvalue weighted by Crippen LogP contribution is -2.48. The summed E-state index contributed by atoms with van der Waals surface area (Å²) in [6.07, 6.45) is 0.756. The lowest BCUT2D eigenvalue weighted by atomic mass is 9.97. The molecule has 1 aromatic heterocycles. The molecule has 3 heterocycles. The van der Waals surface area contributed by atoms with E-state index < -0.39 is 0 Å². The fourth-order valence-electron chi connectivity index (χ4n) is 3.61. The highest BCUT2D eigenvalue weighted by Crippen LogP contribution is 2.26. The Morgan fingerprint density at radius 1 is 1.17 bits per heavy atom. The molecule has 1 amide bonds. The highest BCUT2D eigenvalue weighted by molar-refractivity contribution is 5.82. The van der Waals surface area contributed by atoms with Gasteiger partial charge in [0.05, 0.1) is 6.54 Å². The summed E-state index contributed by atoms with van der Waals surface area (Å²) in [6.45, 7) is 6.06. The SMILES string of the molecule is Cc1ccccc1C1CC(C(=O)N2CCn3c(C)nnc3C2)NN1. The lowest BCUT2D eigenvalue weighted by molar-refractivity contribution is -0.134. The number of rotatable bonds is 2. The van der Waals surface area contributed by atoms with Crippen LogP contribution in [0.4, 0.5) is 0 Å². The fourth-order valence-corrected chi connectivity index (χ4v) is 3.61. The quantitative estimate of drug-likeness (QED) is 0.856. The van der Waals surface area contributed by atoms with Crippen LogP contribution in [0, 0.1) is 13.8 Å². The number of hydrazine groups is 1. The Hall–Kier alpha value is -2.25. The molecular formula is C17H22N6O. The number of aromatic nitrogens is 3. The average molecular weight is 326 g/mol. The number of hydrogen-bond donors (Lipinski definition) is 2. The van der Waals surface area contributed by atoms with Crippen molar-refractivity contribution in [3.8, 4) is 0 Å². The molecule has 24 heavy (non-hydrogen) atoms. The van der Waals surface area contributed by atoms with E-state index in [1.165, 1.54) is 11.1 Å². The number of benzene rings is 1. The third-order valence-electron chi connectivity index (χ3n) is 5.02. The summed E-state index contributed by atoms with van der Waals surface area (Å²) in [6, 6.07) is 8.26. The molecule has 0 bridgehead atoms. The molecule has 2 atom stereocenters. The van der Waals surface area contributed by atoms with Crippen molar-refractivity contribution in [2.75, 3.05) is 6.54 Å². The Balaban J connectivity index is 1.44. The van der Waals surface area contributed by atoms with E-state index >= 15 is 0 Å². The number of carbonyl (C=O) groups is 1. The summed E-state index contributed by atoms with van der Waals surface area (Å²) < 4.78 is 2.08. The minimum Gasteiger partial charge on any atom is -0.332 e. The van der Waals surface area contributed by atoms with Crippen molar-refractivity contribution >= 4 is 5.91 Å². The highest BCUT2D eigenvalue weighted by Gasteiger charge is 2.35. The topological polar surface area (TPSA) is 75.1 Å². The van der Waals surface area contributed by atoms with Gasteiger partial charge >= 0.3 is 0 Å². The normalized spacial score (nSPS) is 23.3. The van der Waals surface area contributed by atoms with E-state index in [2.05, 4.69) is 44.7 Å². The summed E-state index contributed by atoms with van der Waals surface area (Å²) in [5, 5.41) is 8.27. The van der Waals surface area contributed by atoms with E-state index in [-0.39, 0.29) is 18.0 Å². The second kappa shape index (κ2) is 5.99. The number of nitrogens with one attached hydrogen (secondary N) is 2. The van der Waals surface area contributed by atoms with Crippen LogP contribution in [-0.4, -0.2) is 38.2 Å². The first-order valence-electron chi connectivity index (χ1n) is 8.37. The van der Waals surface area contributed by atoms with Crippen molar-refractivity contribution in [1.82, 2.24) is 30.5 Å². The molecule has 7 nitrogen and oxygen atoms in total. The van der Waals surface area contributed by atoms with Crippen molar-refractivity contribution in [2.24, 2.45) is 0 Å². The maximum atomic E-state index is 12.8. The Bertz CT molecular complexity index is 770. The number of fused-ring (bicyclic) bond motifs is 1. The molecule has 0 saturated carbocycles. The zero-order chi connectivity index (χ0) is 16.7. The monoisotopic (exact) mass is 326 g/mol. The molecule has 2 N–H and O–H groups in total. The predicted molar refractivity (Wildman–Crippen MR) is 88.8 cm³/mol. The van der Waals surface area contributed by atoms with Crippen LogP contribution in [0.5, 0.6) is 0 Å². The molecule has 2 aromatic rings. The maximum absolute atomic E-state index is 12.8. The van der Waals surface area contributed by atoms with E-state index in [9.17, 15) is 4.79 Å². The largest absolute Gasteiger partial charge is 0.332 e. The van der Waals surface area contributed by atoms with Crippen molar-refractivity contribution in [3.05, 3.63) is 47.0 Å². The zero-order valence-corrected chi connectivity index (χ0v) is 14.0. The van der Waals surface area contributed by atoms with Gasteiger partial charge in [-0.25, -0.2) is 10.9 Å². The molecule has 0 radical (unpaired) electrons. The average Bonchev–Trinajstić information content (AvgIpc) is 3.22. The Kier molecular flexibility index (Phi) is 3.82. The Morgan fingerprint density at radius 2 is 2.00 bits per heavy atom. The number of hydrogen-bond acceptors (Lipinski definition) is 5. The third-order valence-corrected chi connectivity index (χ3v) is 5.02. The zero-order valence-electron chi connectivity index (χ0n) is 14.0. The number of carbonyl (C=O) groups excluding carboxylic acids is 1. The van der Waals surface area contributed by atoms with Gasteiger partial charge in [-0.3, -0.25) is 4.79 Å². The molecule has 0 spiro atoms. The van der Waals surface area contributed by atoms with Crippen LogP contribution in [0.15, 0.2) is 24.3 Å². The third kappa shape index (κ3) is 2.59. The van der Waals surface area contributed by atoms with Gasteiger partial charge in [-0.05, 0) is 31.4 Å². The molecule has 1 saturated heterocycles. The fraction of sp³-hybridized carbons (Fsp3) is 0.471. The van der Waals surface area contributed by atoms with Gasteiger partial charge in [0, 0.05) is 19.1 Å². The summed E-state index contributed by atoms with van der Waals surface area (Å²) >= 11 is 0.